The van der Waals surface area contributed by atoms with Crippen LogP contribution in [0.15, 0.2) is 11.6 Å². The molecule has 0 aromatic heterocycles. The van der Waals surface area contributed by atoms with Crippen LogP contribution >= 0.6 is 15.9 Å². The number of carbonyl (C=O) groups is 1. The minimum atomic E-state index is 0.0834. The van der Waals surface area contributed by atoms with Crippen molar-refractivity contribution >= 4 is 21.8 Å². The molecule has 14 heavy (non-hydrogen) atoms. The molecular weight excluding hydrogens is 242 g/mol. The monoisotopic (exact) mass is 257 g/mol. The standard InChI is InChI=1S/C11H16BrNO/c12-10-6-8-13(11(10)14)7-5-9-3-1-2-4-9/h3,10H,1-2,4-8H2. The summed E-state index contributed by atoms with van der Waals surface area (Å²) in [6.45, 7) is 1.86. The first-order valence-corrected chi connectivity index (χ1v) is 6.30. The molecule has 1 unspecified atom stereocenters. The minimum absolute atomic E-state index is 0.0834. The summed E-state index contributed by atoms with van der Waals surface area (Å²) in [4.78, 5) is 13.6. The van der Waals surface area contributed by atoms with Gasteiger partial charge in [-0.25, -0.2) is 0 Å². The Labute approximate surface area is 93.5 Å². The van der Waals surface area contributed by atoms with E-state index in [0.29, 0.717) is 0 Å². The van der Waals surface area contributed by atoms with Crippen molar-refractivity contribution in [2.24, 2.45) is 0 Å². The highest BCUT2D eigenvalue weighted by Gasteiger charge is 2.28. The quantitative estimate of drug-likeness (QED) is 0.562. The molecule has 0 bridgehead atoms. The molecule has 0 aromatic carbocycles. The van der Waals surface area contributed by atoms with E-state index >= 15 is 0 Å². The number of hydrogen-bond donors (Lipinski definition) is 0. The normalized spacial score (nSPS) is 27.2. The van der Waals surface area contributed by atoms with Crippen molar-refractivity contribution in [2.45, 2.75) is 36.9 Å². The number of amides is 1. The van der Waals surface area contributed by atoms with Crippen molar-refractivity contribution in [2.75, 3.05) is 13.1 Å². The summed E-state index contributed by atoms with van der Waals surface area (Å²) < 4.78 is 0. The molecule has 1 aliphatic heterocycles. The zero-order chi connectivity index (χ0) is 9.97. The summed E-state index contributed by atoms with van der Waals surface area (Å²) >= 11 is 3.39. The van der Waals surface area contributed by atoms with Gasteiger partial charge in [-0.05, 0) is 32.1 Å². The maximum Gasteiger partial charge on any atom is 0.236 e. The van der Waals surface area contributed by atoms with E-state index in [9.17, 15) is 4.79 Å². The van der Waals surface area contributed by atoms with Gasteiger partial charge in [0.2, 0.25) is 5.91 Å². The third kappa shape index (κ3) is 2.19. The van der Waals surface area contributed by atoms with Crippen LogP contribution in [0.5, 0.6) is 0 Å². The SMILES string of the molecule is O=C1C(Br)CCN1CCC1=CCCC1. The number of rotatable bonds is 3. The summed E-state index contributed by atoms with van der Waals surface area (Å²) in [5, 5.41) is 0. The molecule has 1 heterocycles. The maximum absolute atomic E-state index is 11.6. The second-order valence-electron chi connectivity index (χ2n) is 4.09. The van der Waals surface area contributed by atoms with Gasteiger partial charge in [-0.15, -0.1) is 0 Å². The van der Waals surface area contributed by atoms with Gasteiger partial charge in [0.05, 0.1) is 4.83 Å². The van der Waals surface area contributed by atoms with E-state index in [1.165, 1.54) is 19.3 Å². The van der Waals surface area contributed by atoms with E-state index in [1.54, 1.807) is 5.57 Å². The molecule has 0 aromatic rings. The highest BCUT2D eigenvalue weighted by Crippen LogP contribution is 2.23. The van der Waals surface area contributed by atoms with E-state index < -0.39 is 0 Å². The molecule has 1 fully saturated rings. The second-order valence-corrected chi connectivity index (χ2v) is 5.19. The number of carbonyl (C=O) groups excluding carboxylic acids is 1. The lowest BCUT2D eigenvalue weighted by Crippen LogP contribution is -2.28. The number of alkyl halides is 1. The molecule has 1 atom stereocenters. The third-order valence-corrected chi connectivity index (χ3v) is 3.92. The topological polar surface area (TPSA) is 20.3 Å². The zero-order valence-corrected chi connectivity index (χ0v) is 9.92. The molecule has 1 aliphatic carbocycles. The minimum Gasteiger partial charge on any atom is -0.341 e. The molecular formula is C11H16BrNO. The molecule has 3 heteroatoms. The van der Waals surface area contributed by atoms with Gasteiger partial charge >= 0.3 is 0 Å². The van der Waals surface area contributed by atoms with Crippen molar-refractivity contribution in [3.63, 3.8) is 0 Å². The smallest absolute Gasteiger partial charge is 0.236 e. The van der Waals surface area contributed by atoms with Gasteiger partial charge in [-0.1, -0.05) is 27.6 Å². The number of hydrogen-bond acceptors (Lipinski definition) is 1. The van der Waals surface area contributed by atoms with E-state index in [4.69, 9.17) is 0 Å². The van der Waals surface area contributed by atoms with Crippen LogP contribution in [0.3, 0.4) is 0 Å². The summed E-state index contributed by atoms with van der Waals surface area (Å²) in [5.74, 6) is 0.281. The van der Waals surface area contributed by atoms with Gasteiger partial charge in [0, 0.05) is 13.1 Å². The van der Waals surface area contributed by atoms with E-state index in [-0.39, 0.29) is 10.7 Å². The molecule has 2 nitrogen and oxygen atoms in total. The van der Waals surface area contributed by atoms with E-state index in [1.807, 2.05) is 4.90 Å². The lowest BCUT2D eigenvalue weighted by Gasteiger charge is -2.15. The Bertz CT molecular complexity index is 262. The van der Waals surface area contributed by atoms with Crippen LogP contribution in [0.25, 0.3) is 0 Å². The third-order valence-electron chi connectivity index (χ3n) is 3.07. The molecule has 0 spiro atoms. The molecule has 2 rings (SSSR count). The van der Waals surface area contributed by atoms with Crippen LogP contribution in [0.2, 0.25) is 0 Å². The summed E-state index contributed by atoms with van der Waals surface area (Å²) in [5.41, 5.74) is 1.55. The molecule has 2 aliphatic rings. The van der Waals surface area contributed by atoms with Crippen LogP contribution < -0.4 is 0 Å². The summed E-state index contributed by atoms with van der Waals surface area (Å²) in [7, 11) is 0. The Morgan fingerprint density at radius 3 is 3.00 bits per heavy atom. The molecule has 0 N–H and O–H groups in total. The molecule has 0 radical (unpaired) electrons. The van der Waals surface area contributed by atoms with Crippen molar-refractivity contribution < 1.29 is 4.79 Å². The molecule has 1 amide bonds. The van der Waals surface area contributed by atoms with Crippen molar-refractivity contribution in [1.82, 2.24) is 4.90 Å². The Morgan fingerprint density at radius 1 is 1.57 bits per heavy atom. The first-order chi connectivity index (χ1) is 6.77. The Morgan fingerprint density at radius 2 is 2.43 bits per heavy atom. The molecule has 0 saturated carbocycles. The van der Waals surface area contributed by atoms with Gasteiger partial charge < -0.3 is 4.90 Å². The zero-order valence-electron chi connectivity index (χ0n) is 8.34. The Kier molecular flexibility index (Phi) is 3.26. The van der Waals surface area contributed by atoms with Crippen molar-refractivity contribution in [1.29, 1.82) is 0 Å². The second kappa shape index (κ2) is 4.47. The Hall–Kier alpha value is -0.310. The van der Waals surface area contributed by atoms with Crippen molar-refractivity contribution in [3.8, 4) is 0 Å². The lowest BCUT2D eigenvalue weighted by molar-refractivity contribution is -0.127. The first kappa shape index (κ1) is 10.2. The van der Waals surface area contributed by atoms with Gasteiger partial charge in [0.1, 0.15) is 0 Å². The van der Waals surface area contributed by atoms with Crippen LogP contribution in [0.4, 0.5) is 0 Å². The number of nitrogens with zero attached hydrogens (tertiary/aromatic N) is 1. The fourth-order valence-corrected chi connectivity index (χ4v) is 2.66. The number of allylic oxidation sites excluding steroid dienone is 1. The molecule has 1 saturated heterocycles. The van der Waals surface area contributed by atoms with Crippen LogP contribution in [0, 0.1) is 0 Å². The van der Waals surface area contributed by atoms with Crippen LogP contribution in [-0.4, -0.2) is 28.7 Å². The van der Waals surface area contributed by atoms with Crippen LogP contribution in [0.1, 0.15) is 32.1 Å². The Balaban J connectivity index is 1.78. The average molecular weight is 258 g/mol. The predicted molar refractivity (Wildman–Crippen MR) is 60.5 cm³/mol. The first-order valence-electron chi connectivity index (χ1n) is 5.38. The highest BCUT2D eigenvalue weighted by atomic mass is 79.9. The summed E-state index contributed by atoms with van der Waals surface area (Å²) in [6, 6.07) is 0. The molecule has 78 valence electrons. The van der Waals surface area contributed by atoms with Gasteiger partial charge in [0.15, 0.2) is 0 Å². The predicted octanol–water partition coefficient (Wildman–Crippen LogP) is 2.48. The van der Waals surface area contributed by atoms with E-state index in [2.05, 4.69) is 22.0 Å². The summed E-state index contributed by atoms with van der Waals surface area (Å²) in [6.07, 6.45) is 8.20. The van der Waals surface area contributed by atoms with Gasteiger partial charge in [-0.2, -0.15) is 0 Å². The van der Waals surface area contributed by atoms with Gasteiger partial charge in [0.25, 0.3) is 0 Å². The fourth-order valence-electron chi connectivity index (χ4n) is 2.17. The maximum atomic E-state index is 11.6. The van der Waals surface area contributed by atoms with Gasteiger partial charge in [-0.3, -0.25) is 4.79 Å². The van der Waals surface area contributed by atoms with Crippen LogP contribution in [-0.2, 0) is 4.79 Å². The highest BCUT2D eigenvalue weighted by molar-refractivity contribution is 9.10. The number of halogens is 1. The fraction of sp³-hybridized carbons (Fsp3) is 0.727. The largest absolute Gasteiger partial charge is 0.341 e. The van der Waals surface area contributed by atoms with Crippen molar-refractivity contribution in [3.05, 3.63) is 11.6 Å². The lowest BCUT2D eigenvalue weighted by atomic mass is 10.1. The number of likely N-dealkylation sites (tertiary alicyclic amines) is 1. The average Bonchev–Trinajstić information content (AvgIpc) is 2.77. The van der Waals surface area contributed by atoms with E-state index in [0.717, 1.165) is 25.9 Å².